The van der Waals surface area contributed by atoms with Gasteiger partial charge in [-0.3, -0.25) is 0 Å². The van der Waals surface area contributed by atoms with Gasteiger partial charge in [0.2, 0.25) is 0 Å². The monoisotopic (exact) mass is 226 g/mol. The first-order valence-electron chi connectivity index (χ1n) is 6.37. The Balaban J connectivity index is 2.03. The molecule has 0 fully saturated rings. The van der Waals surface area contributed by atoms with E-state index in [9.17, 15) is 0 Å². The lowest BCUT2D eigenvalue weighted by molar-refractivity contribution is 0.426. The van der Waals surface area contributed by atoms with Crippen LogP contribution in [0.2, 0.25) is 0 Å². The number of aryl methyl sites for hydroxylation is 1. The minimum Gasteiger partial charge on any atom is -0.306 e. The molecule has 88 valence electrons. The lowest BCUT2D eigenvalue weighted by atomic mass is 9.77. The minimum absolute atomic E-state index is 0.690. The molecule has 1 aromatic carbocycles. The second-order valence-electron chi connectivity index (χ2n) is 5.16. The zero-order chi connectivity index (χ0) is 11.8. The summed E-state index contributed by atoms with van der Waals surface area (Å²) < 4.78 is 2.07. The SMILES string of the molecule is CC1CCc2cc(-n3ccnc3)ccc2C1C. The summed E-state index contributed by atoms with van der Waals surface area (Å²) in [5.41, 5.74) is 4.28. The van der Waals surface area contributed by atoms with Crippen molar-refractivity contribution in [1.82, 2.24) is 9.55 Å². The van der Waals surface area contributed by atoms with Crippen LogP contribution in [0.25, 0.3) is 5.69 Å². The van der Waals surface area contributed by atoms with Crippen LogP contribution < -0.4 is 0 Å². The Labute approximate surface area is 102 Å². The smallest absolute Gasteiger partial charge is 0.0991 e. The van der Waals surface area contributed by atoms with Crippen molar-refractivity contribution in [3.63, 3.8) is 0 Å². The Morgan fingerprint density at radius 2 is 2.18 bits per heavy atom. The van der Waals surface area contributed by atoms with Crippen LogP contribution in [0.5, 0.6) is 0 Å². The first kappa shape index (κ1) is 10.6. The first-order chi connectivity index (χ1) is 8.25. The Morgan fingerprint density at radius 3 is 2.94 bits per heavy atom. The maximum atomic E-state index is 4.10. The molecule has 0 radical (unpaired) electrons. The van der Waals surface area contributed by atoms with Crippen molar-refractivity contribution in [2.75, 3.05) is 0 Å². The van der Waals surface area contributed by atoms with Gasteiger partial charge in [-0.15, -0.1) is 0 Å². The van der Waals surface area contributed by atoms with Crippen LogP contribution in [0, 0.1) is 5.92 Å². The van der Waals surface area contributed by atoms with Gasteiger partial charge < -0.3 is 4.57 Å². The molecule has 17 heavy (non-hydrogen) atoms. The average molecular weight is 226 g/mol. The summed E-state index contributed by atoms with van der Waals surface area (Å²) in [4.78, 5) is 4.10. The van der Waals surface area contributed by atoms with Crippen molar-refractivity contribution in [2.45, 2.75) is 32.6 Å². The quantitative estimate of drug-likeness (QED) is 0.727. The Bertz CT molecular complexity index is 514. The van der Waals surface area contributed by atoms with Gasteiger partial charge in [0.1, 0.15) is 0 Å². The summed E-state index contributed by atoms with van der Waals surface area (Å²) in [5, 5.41) is 0. The average Bonchev–Trinajstić information content (AvgIpc) is 2.87. The molecule has 1 aromatic heterocycles. The normalized spacial score (nSPS) is 23.4. The van der Waals surface area contributed by atoms with Gasteiger partial charge in [-0.2, -0.15) is 0 Å². The van der Waals surface area contributed by atoms with E-state index in [1.54, 1.807) is 0 Å². The molecule has 2 nitrogen and oxygen atoms in total. The third-order valence-corrected chi connectivity index (χ3v) is 4.14. The van der Waals surface area contributed by atoms with Crippen LogP contribution in [0.15, 0.2) is 36.9 Å². The molecule has 0 N–H and O–H groups in total. The van der Waals surface area contributed by atoms with Crippen LogP contribution in [0.4, 0.5) is 0 Å². The molecule has 2 heteroatoms. The Hall–Kier alpha value is -1.57. The fourth-order valence-electron chi connectivity index (χ4n) is 2.77. The standard InChI is InChI=1S/C15H18N2/c1-11-3-4-13-9-14(17-8-7-16-10-17)5-6-15(13)12(11)2/h5-12H,3-4H2,1-2H3. The molecular weight excluding hydrogens is 208 g/mol. The molecule has 2 aromatic rings. The van der Waals surface area contributed by atoms with Crippen LogP contribution in [0.1, 0.15) is 37.3 Å². The second-order valence-corrected chi connectivity index (χ2v) is 5.16. The number of nitrogens with zero attached hydrogens (tertiary/aromatic N) is 2. The summed E-state index contributed by atoms with van der Waals surface area (Å²) in [5.74, 6) is 1.50. The lowest BCUT2D eigenvalue weighted by Crippen LogP contribution is -2.16. The van der Waals surface area contributed by atoms with E-state index in [1.165, 1.54) is 29.7 Å². The van der Waals surface area contributed by atoms with Crippen molar-refractivity contribution in [3.05, 3.63) is 48.0 Å². The highest BCUT2D eigenvalue weighted by atomic mass is 15.0. The zero-order valence-electron chi connectivity index (χ0n) is 10.4. The number of hydrogen-bond acceptors (Lipinski definition) is 1. The number of imidazole rings is 1. The number of fused-ring (bicyclic) bond motifs is 1. The van der Waals surface area contributed by atoms with Gasteiger partial charge in [0.25, 0.3) is 0 Å². The molecule has 0 saturated heterocycles. The summed E-state index contributed by atoms with van der Waals surface area (Å²) >= 11 is 0. The Morgan fingerprint density at radius 1 is 1.29 bits per heavy atom. The van der Waals surface area contributed by atoms with Crippen LogP contribution in [-0.4, -0.2) is 9.55 Å². The van der Waals surface area contributed by atoms with Gasteiger partial charge in [0, 0.05) is 18.1 Å². The molecule has 2 atom stereocenters. The first-order valence-corrected chi connectivity index (χ1v) is 6.37. The topological polar surface area (TPSA) is 17.8 Å². The number of benzene rings is 1. The van der Waals surface area contributed by atoms with Gasteiger partial charge in [-0.1, -0.05) is 19.9 Å². The van der Waals surface area contributed by atoms with Crippen LogP contribution in [-0.2, 0) is 6.42 Å². The van der Waals surface area contributed by atoms with E-state index in [0.717, 1.165) is 5.92 Å². The largest absolute Gasteiger partial charge is 0.306 e. The molecule has 0 bridgehead atoms. The second kappa shape index (κ2) is 4.02. The van der Waals surface area contributed by atoms with Crippen molar-refractivity contribution >= 4 is 0 Å². The predicted octanol–water partition coefficient (Wildman–Crippen LogP) is 3.56. The van der Waals surface area contributed by atoms with E-state index in [1.807, 2.05) is 18.7 Å². The van der Waals surface area contributed by atoms with E-state index in [2.05, 4.69) is 41.6 Å². The van der Waals surface area contributed by atoms with Crippen molar-refractivity contribution in [3.8, 4) is 5.69 Å². The molecule has 1 aliphatic rings. The molecule has 1 aliphatic carbocycles. The zero-order valence-corrected chi connectivity index (χ0v) is 10.4. The third kappa shape index (κ3) is 1.78. The Kier molecular flexibility index (Phi) is 2.50. The molecule has 0 saturated carbocycles. The molecule has 0 amide bonds. The van der Waals surface area contributed by atoms with Crippen LogP contribution in [0.3, 0.4) is 0 Å². The molecule has 2 unspecified atom stereocenters. The van der Waals surface area contributed by atoms with Crippen molar-refractivity contribution in [1.29, 1.82) is 0 Å². The third-order valence-electron chi connectivity index (χ3n) is 4.14. The van der Waals surface area contributed by atoms with Gasteiger partial charge in [-0.25, -0.2) is 4.98 Å². The molecule has 1 heterocycles. The molecule has 0 aliphatic heterocycles. The summed E-state index contributed by atoms with van der Waals surface area (Å²) in [6.07, 6.45) is 8.20. The minimum atomic E-state index is 0.690. The van der Waals surface area contributed by atoms with E-state index in [0.29, 0.717) is 5.92 Å². The van der Waals surface area contributed by atoms with E-state index < -0.39 is 0 Å². The van der Waals surface area contributed by atoms with Crippen molar-refractivity contribution < 1.29 is 0 Å². The highest BCUT2D eigenvalue weighted by Gasteiger charge is 2.22. The molecule has 0 spiro atoms. The lowest BCUT2D eigenvalue weighted by Gasteiger charge is -2.29. The fraction of sp³-hybridized carbons (Fsp3) is 0.400. The van der Waals surface area contributed by atoms with Gasteiger partial charge >= 0.3 is 0 Å². The number of aromatic nitrogens is 2. The summed E-state index contributed by atoms with van der Waals surface area (Å²) in [6.45, 7) is 4.71. The van der Waals surface area contributed by atoms with Crippen LogP contribution >= 0.6 is 0 Å². The number of hydrogen-bond donors (Lipinski definition) is 0. The molecular formula is C15H18N2. The van der Waals surface area contributed by atoms with E-state index in [4.69, 9.17) is 0 Å². The van der Waals surface area contributed by atoms with Gasteiger partial charge in [-0.05, 0) is 47.9 Å². The highest BCUT2D eigenvalue weighted by molar-refractivity contribution is 5.43. The van der Waals surface area contributed by atoms with Crippen molar-refractivity contribution in [2.24, 2.45) is 5.92 Å². The summed E-state index contributed by atoms with van der Waals surface area (Å²) in [6, 6.07) is 6.82. The van der Waals surface area contributed by atoms with E-state index >= 15 is 0 Å². The highest BCUT2D eigenvalue weighted by Crippen LogP contribution is 2.36. The van der Waals surface area contributed by atoms with Gasteiger partial charge in [0.05, 0.1) is 6.33 Å². The maximum Gasteiger partial charge on any atom is 0.0991 e. The summed E-state index contributed by atoms with van der Waals surface area (Å²) in [7, 11) is 0. The number of rotatable bonds is 1. The van der Waals surface area contributed by atoms with Gasteiger partial charge in [0.15, 0.2) is 0 Å². The fourth-order valence-corrected chi connectivity index (χ4v) is 2.77. The van der Waals surface area contributed by atoms with E-state index in [-0.39, 0.29) is 0 Å². The maximum absolute atomic E-state index is 4.10. The predicted molar refractivity (Wildman–Crippen MR) is 69.5 cm³/mol. The molecule has 3 rings (SSSR count).